The monoisotopic (exact) mass is 402 g/mol. The fraction of sp³-hybridized carbons (Fsp3) is 0.211. The molecular formula is C19H18N2O6S. The van der Waals surface area contributed by atoms with Crippen LogP contribution in [0.15, 0.2) is 41.8 Å². The smallest absolute Gasteiger partial charge is 0.286 e. The molecule has 2 N–H and O–H groups in total. The average Bonchev–Trinajstić information content (AvgIpc) is 3.14. The Balaban J connectivity index is 1.81. The molecule has 0 radical (unpaired) electrons. The summed E-state index contributed by atoms with van der Waals surface area (Å²) in [5.74, 6) is -0.343. The number of nitro groups is 1. The molecule has 2 aromatic carbocycles. The highest BCUT2D eigenvalue weighted by molar-refractivity contribution is 7.17. The van der Waals surface area contributed by atoms with E-state index in [2.05, 4.69) is 5.32 Å². The quantitative estimate of drug-likeness (QED) is 0.463. The van der Waals surface area contributed by atoms with Crippen LogP contribution in [0.4, 0.5) is 5.69 Å². The van der Waals surface area contributed by atoms with Crippen molar-refractivity contribution in [2.24, 2.45) is 0 Å². The van der Waals surface area contributed by atoms with Crippen molar-refractivity contribution in [2.45, 2.75) is 6.10 Å². The van der Waals surface area contributed by atoms with Crippen LogP contribution >= 0.6 is 11.3 Å². The van der Waals surface area contributed by atoms with Gasteiger partial charge in [0.15, 0.2) is 11.5 Å². The molecule has 1 amide bonds. The number of nitro benzene ring substituents is 1. The Bertz CT molecular complexity index is 1030. The number of carbonyl (C=O) groups excluding carboxylic acids is 1. The molecular weight excluding hydrogens is 384 g/mol. The Labute approximate surface area is 164 Å². The van der Waals surface area contributed by atoms with Gasteiger partial charge in [0.25, 0.3) is 11.6 Å². The molecule has 0 saturated carbocycles. The van der Waals surface area contributed by atoms with Gasteiger partial charge in [0.2, 0.25) is 0 Å². The standard InChI is InChI=1S/C19H18N2O6S/c1-26-16-7-12(14(21(24)25)8-17(16)27-2)19(23)20-9-15(22)13-10-28-18-6-4-3-5-11(13)18/h3-8,10,15,22H,9H2,1-2H3,(H,20,23). The van der Waals surface area contributed by atoms with Gasteiger partial charge in [-0.1, -0.05) is 18.2 Å². The van der Waals surface area contributed by atoms with Crippen molar-refractivity contribution in [3.05, 3.63) is 63.0 Å². The molecule has 0 spiro atoms. The lowest BCUT2D eigenvalue weighted by Crippen LogP contribution is -2.29. The summed E-state index contributed by atoms with van der Waals surface area (Å²) < 4.78 is 11.2. The van der Waals surface area contributed by atoms with E-state index < -0.39 is 22.6 Å². The third-order valence-corrected chi connectivity index (χ3v) is 5.25. The first kappa shape index (κ1) is 19.6. The second-order valence-corrected chi connectivity index (χ2v) is 6.81. The van der Waals surface area contributed by atoms with Crippen molar-refractivity contribution in [3.63, 3.8) is 0 Å². The zero-order chi connectivity index (χ0) is 20.3. The SMILES string of the molecule is COc1cc(C(=O)NCC(O)c2csc3ccccc23)c([N+](=O)[O-])cc1OC. The second kappa shape index (κ2) is 8.24. The molecule has 0 bridgehead atoms. The lowest BCUT2D eigenvalue weighted by molar-refractivity contribution is -0.385. The van der Waals surface area contributed by atoms with Gasteiger partial charge in [0.05, 0.1) is 31.3 Å². The predicted molar refractivity (Wildman–Crippen MR) is 105 cm³/mol. The summed E-state index contributed by atoms with van der Waals surface area (Å²) in [7, 11) is 2.72. The second-order valence-electron chi connectivity index (χ2n) is 5.89. The molecule has 28 heavy (non-hydrogen) atoms. The van der Waals surface area contributed by atoms with E-state index >= 15 is 0 Å². The normalized spacial score (nSPS) is 11.8. The fourth-order valence-electron chi connectivity index (χ4n) is 2.85. The maximum atomic E-state index is 12.6. The van der Waals surface area contributed by atoms with E-state index in [1.54, 1.807) is 0 Å². The van der Waals surface area contributed by atoms with E-state index in [-0.39, 0.29) is 23.6 Å². The van der Waals surface area contributed by atoms with E-state index in [0.717, 1.165) is 16.2 Å². The Morgan fingerprint density at radius 3 is 2.61 bits per heavy atom. The molecule has 1 unspecified atom stereocenters. The van der Waals surface area contributed by atoms with Gasteiger partial charge in [-0.15, -0.1) is 11.3 Å². The highest BCUT2D eigenvalue weighted by Gasteiger charge is 2.25. The molecule has 0 fully saturated rings. The van der Waals surface area contributed by atoms with Gasteiger partial charge in [-0.05, 0) is 16.8 Å². The van der Waals surface area contributed by atoms with Crippen LogP contribution in [0.5, 0.6) is 11.5 Å². The number of rotatable bonds is 7. The molecule has 0 aliphatic rings. The van der Waals surface area contributed by atoms with Crippen molar-refractivity contribution in [1.82, 2.24) is 5.32 Å². The van der Waals surface area contributed by atoms with Crippen LogP contribution in [0.2, 0.25) is 0 Å². The number of amides is 1. The van der Waals surface area contributed by atoms with E-state index in [4.69, 9.17) is 9.47 Å². The first-order valence-corrected chi connectivity index (χ1v) is 9.17. The van der Waals surface area contributed by atoms with E-state index in [9.17, 15) is 20.0 Å². The summed E-state index contributed by atoms with van der Waals surface area (Å²) in [5.41, 5.74) is 0.110. The van der Waals surface area contributed by atoms with Crippen molar-refractivity contribution in [1.29, 1.82) is 0 Å². The van der Waals surface area contributed by atoms with Gasteiger partial charge in [0.1, 0.15) is 5.56 Å². The number of thiophene rings is 1. The molecule has 9 heteroatoms. The number of nitrogens with zero attached hydrogens (tertiary/aromatic N) is 1. The highest BCUT2D eigenvalue weighted by Crippen LogP contribution is 2.34. The number of nitrogens with one attached hydrogen (secondary N) is 1. The first-order valence-electron chi connectivity index (χ1n) is 8.29. The molecule has 3 aromatic rings. The minimum absolute atomic E-state index is 0.0922. The molecule has 146 valence electrons. The fourth-order valence-corrected chi connectivity index (χ4v) is 3.86. The van der Waals surface area contributed by atoms with Crippen LogP contribution in [0, 0.1) is 10.1 Å². The minimum Gasteiger partial charge on any atom is -0.493 e. The molecule has 1 aromatic heterocycles. The Kier molecular flexibility index (Phi) is 5.76. The summed E-state index contributed by atoms with van der Waals surface area (Å²) in [6.07, 6.45) is -0.945. The first-order chi connectivity index (χ1) is 13.5. The van der Waals surface area contributed by atoms with Crippen LogP contribution in [0.3, 0.4) is 0 Å². The zero-order valence-electron chi connectivity index (χ0n) is 15.2. The molecule has 0 aliphatic carbocycles. The summed E-state index contributed by atoms with van der Waals surface area (Å²) in [6.45, 7) is -0.0922. The summed E-state index contributed by atoms with van der Waals surface area (Å²) in [4.78, 5) is 23.2. The third kappa shape index (κ3) is 3.75. The number of benzene rings is 2. The van der Waals surface area contributed by atoms with Crippen LogP contribution in [-0.2, 0) is 0 Å². The van der Waals surface area contributed by atoms with E-state index in [1.165, 1.54) is 31.6 Å². The molecule has 8 nitrogen and oxygen atoms in total. The third-order valence-electron chi connectivity index (χ3n) is 4.27. The van der Waals surface area contributed by atoms with Gasteiger partial charge in [-0.2, -0.15) is 0 Å². The van der Waals surface area contributed by atoms with Gasteiger partial charge < -0.3 is 19.9 Å². The minimum atomic E-state index is -0.945. The Morgan fingerprint density at radius 2 is 1.93 bits per heavy atom. The number of carbonyl (C=O) groups is 1. The maximum Gasteiger partial charge on any atom is 0.286 e. The number of aliphatic hydroxyl groups excluding tert-OH is 1. The predicted octanol–water partition coefficient (Wildman–Crippen LogP) is 3.29. The zero-order valence-corrected chi connectivity index (χ0v) is 16.0. The lowest BCUT2D eigenvalue weighted by Gasteiger charge is -2.13. The van der Waals surface area contributed by atoms with Crippen LogP contribution in [0.25, 0.3) is 10.1 Å². The highest BCUT2D eigenvalue weighted by atomic mass is 32.1. The van der Waals surface area contributed by atoms with Crippen molar-refractivity contribution in [2.75, 3.05) is 20.8 Å². The van der Waals surface area contributed by atoms with Gasteiger partial charge >= 0.3 is 0 Å². The van der Waals surface area contributed by atoms with Crippen molar-refractivity contribution >= 4 is 33.0 Å². The van der Waals surface area contributed by atoms with Crippen molar-refractivity contribution in [3.8, 4) is 11.5 Å². The summed E-state index contributed by atoms with van der Waals surface area (Å²) >= 11 is 1.50. The topological polar surface area (TPSA) is 111 Å². The molecule has 1 heterocycles. The van der Waals surface area contributed by atoms with Crippen molar-refractivity contribution < 1.29 is 24.3 Å². The number of methoxy groups -OCH3 is 2. The molecule has 1 atom stereocenters. The largest absolute Gasteiger partial charge is 0.493 e. The van der Waals surface area contributed by atoms with Crippen LogP contribution in [-0.4, -0.2) is 36.7 Å². The number of ether oxygens (including phenoxy) is 2. The van der Waals surface area contributed by atoms with Gasteiger partial charge in [0, 0.05) is 22.9 Å². The number of hydrogen-bond acceptors (Lipinski definition) is 7. The maximum absolute atomic E-state index is 12.6. The molecule has 0 saturated heterocycles. The van der Waals surface area contributed by atoms with E-state index in [0.29, 0.717) is 5.56 Å². The lowest BCUT2D eigenvalue weighted by atomic mass is 10.1. The Hall–Kier alpha value is -3.17. The van der Waals surface area contributed by atoms with Gasteiger partial charge in [-0.3, -0.25) is 14.9 Å². The van der Waals surface area contributed by atoms with Gasteiger partial charge in [-0.25, -0.2) is 0 Å². The molecule has 0 aliphatic heterocycles. The molecule has 3 rings (SSSR count). The summed E-state index contributed by atoms with van der Waals surface area (Å²) in [5, 5.41) is 27.1. The number of fused-ring (bicyclic) bond motifs is 1. The summed E-state index contributed by atoms with van der Waals surface area (Å²) in [6, 6.07) is 10.0. The number of hydrogen-bond donors (Lipinski definition) is 2. The Morgan fingerprint density at radius 1 is 1.25 bits per heavy atom. The number of aliphatic hydroxyl groups is 1. The average molecular weight is 402 g/mol. The van der Waals surface area contributed by atoms with Crippen LogP contribution in [0.1, 0.15) is 22.0 Å². The van der Waals surface area contributed by atoms with Crippen LogP contribution < -0.4 is 14.8 Å². The van der Waals surface area contributed by atoms with E-state index in [1.807, 2.05) is 29.6 Å².